The molecule has 3 heterocycles. The van der Waals surface area contributed by atoms with Crippen molar-refractivity contribution in [3.05, 3.63) is 76.9 Å². The average molecular weight is 541 g/mol. The maximum absolute atomic E-state index is 13.1. The van der Waals surface area contributed by atoms with E-state index >= 15 is 0 Å². The van der Waals surface area contributed by atoms with Gasteiger partial charge in [-0.15, -0.1) is 0 Å². The molecule has 0 aliphatic carbocycles. The minimum absolute atomic E-state index is 0.0803. The second-order valence-corrected chi connectivity index (χ2v) is 11.6. The zero-order chi connectivity index (χ0) is 27.3. The van der Waals surface area contributed by atoms with Crippen LogP contribution in [-0.4, -0.2) is 73.5 Å². The molecule has 0 N–H and O–H groups in total. The van der Waals surface area contributed by atoms with Crippen LogP contribution in [0, 0.1) is 13.8 Å². The van der Waals surface area contributed by atoms with Gasteiger partial charge in [-0.25, -0.2) is 8.42 Å². The monoisotopic (exact) mass is 540 g/mol. The summed E-state index contributed by atoms with van der Waals surface area (Å²) in [5.41, 5.74) is 4.83. The Morgan fingerprint density at radius 1 is 1.11 bits per heavy atom. The predicted molar refractivity (Wildman–Crippen MR) is 145 cm³/mol. The van der Waals surface area contributed by atoms with Crippen LogP contribution in [0.5, 0.6) is 5.75 Å². The van der Waals surface area contributed by atoms with E-state index in [1.165, 1.54) is 22.6 Å². The van der Waals surface area contributed by atoms with Crippen molar-refractivity contribution in [3.8, 4) is 5.75 Å². The summed E-state index contributed by atoms with van der Waals surface area (Å²) in [5.74, 6) is 0.524. The van der Waals surface area contributed by atoms with E-state index in [0.717, 1.165) is 25.1 Å². The third-order valence-electron chi connectivity index (χ3n) is 6.97. The van der Waals surface area contributed by atoms with Crippen LogP contribution in [0.15, 0.2) is 53.7 Å². The number of pyridine rings is 1. The van der Waals surface area contributed by atoms with Crippen molar-refractivity contribution in [2.24, 2.45) is 0 Å². The number of amides is 1. The number of fused-ring (bicyclic) bond motifs is 1. The number of methoxy groups -OCH3 is 1. The Morgan fingerprint density at radius 2 is 1.87 bits per heavy atom. The van der Waals surface area contributed by atoms with E-state index < -0.39 is 10.0 Å². The summed E-state index contributed by atoms with van der Waals surface area (Å²) in [5, 5.41) is 0. The number of carbonyl (C=O) groups excluding carboxylic acids is 1. The number of hydrogen-bond donors (Lipinski definition) is 0. The molecule has 0 unspecified atom stereocenters. The lowest BCUT2D eigenvalue weighted by Crippen LogP contribution is -2.40. The lowest BCUT2D eigenvalue weighted by atomic mass is 10.1. The minimum Gasteiger partial charge on any atom is -0.497 e. The first-order valence-electron chi connectivity index (χ1n) is 12.7. The molecule has 0 saturated carbocycles. The van der Waals surface area contributed by atoms with Gasteiger partial charge in [0.15, 0.2) is 0 Å². The van der Waals surface area contributed by atoms with Gasteiger partial charge in [-0.3, -0.25) is 9.78 Å². The van der Waals surface area contributed by atoms with E-state index in [4.69, 9.17) is 9.47 Å². The second kappa shape index (κ2) is 12.1. The van der Waals surface area contributed by atoms with Gasteiger partial charge < -0.3 is 18.9 Å². The Morgan fingerprint density at radius 3 is 2.55 bits per heavy atom. The number of nitrogens with zero attached hydrogens (tertiary/aromatic N) is 4. The van der Waals surface area contributed by atoms with Crippen LogP contribution in [0.25, 0.3) is 0 Å². The van der Waals surface area contributed by atoms with Gasteiger partial charge in [-0.05, 0) is 73.7 Å². The molecule has 10 heteroatoms. The van der Waals surface area contributed by atoms with E-state index in [1.54, 1.807) is 44.2 Å². The van der Waals surface area contributed by atoms with Crippen molar-refractivity contribution in [2.75, 3.05) is 40.5 Å². The van der Waals surface area contributed by atoms with Gasteiger partial charge in [-0.1, -0.05) is 6.07 Å². The molecule has 1 aliphatic heterocycles. The van der Waals surface area contributed by atoms with E-state index in [2.05, 4.69) is 27.8 Å². The Hall–Kier alpha value is -3.21. The van der Waals surface area contributed by atoms with Crippen molar-refractivity contribution < 1.29 is 22.7 Å². The normalized spacial score (nSPS) is 13.6. The summed E-state index contributed by atoms with van der Waals surface area (Å²) in [7, 11) is -0.629. The van der Waals surface area contributed by atoms with Crippen molar-refractivity contribution in [2.45, 2.75) is 44.7 Å². The van der Waals surface area contributed by atoms with Gasteiger partial charge >= 0.3 is 0 Å². The molecule has 2 aromatic heterocycles. The molecule has 0 atom stereocenters. The molecule has 204 valence electrons. The number of aryl methyl sites for hydroxylation is 4. The SMILES string of the molecule is COc1cc(C)c(S(=O)(=O)N(C)CCOCC(=O)N2CCn3c(CCc4cccnc4)ccc3C2)c(C)c1. The fourth-order valence-electron chi connectivity index (χ4n) is 4.88. The van der Waals surface area contributed by atoms with Crippen LogP contribution < -0.4 is 4.74 Å². The first-order chi connectivity index (χ1) is 18.2. The minimum atomic E-state index is -3.70. The van der Waals surface area contributed by atoms with Crippen LogP contribution in [0.3, 0.4) is 0 Å². The van der Waals surface area contributed by atoms with Crippen molar-refractivity contribution in [1.29, 1.82) is 0 Å². The van der Waals surface area contributed by atoms with Crippen LogP contribution in [0.1, 0.15) is 28.1 Å². The summed E-state index contributed by atoms with van der Waals surface area (Å²) < 4.78 is 40.7. The van der Waals surface area contributed by atoms with E-state index in [9.17, 15) is 13.2 Å². The number of carbonyl (C=O) groups is 1. The fraction of sp³-hybridized carbons (Fsp3) is 0.429. The number of rotatable bonds is 11. The number of sulfonamides is 1. The molecule has 38 heavy (non-hydrogen) atoms. The highest BCUT2D eigenvalue weighted by molar-refractivity contribution is 7.89. The lowest BCUT2D eigenvalue weighted by Gasteiger charge is -2.30. The Balaban J connectivity index is 1.25. The zero-order valence-corrected chi connectivity index (χ0v) is 23.3. The van der Waals surface area contributed by atoms with Gasteiger partial charge in [0, 0.05) is 50.5 Å². The van der Waals surface area contributed by atoms with Gasteiger partial charge in [0.2, 0.25) is 15.9 Å². The molecule has 1 aliphatic rings. The van der Waals surface area contributed by atoms with Crippen LogP contribution in [0.2, 0.25) is 0 Å². The zero-order valence-electron chi connectivity index (χ0n) is 22.5. The Labute approximate surface area is 225 Å². The molecule has 1 aromatic carbocycles. The number of ether oxygens (including phenoxy) is 2. The molecule has 4 rings (SSSR count). The van der Waals surface area contributed by atoms with Crippen LogP contribution >= 0.6 is 0 Å². The van der Waals surface area contributed by atoms with Crippen molar-refractivity contribution >= 4 is 15.9 Å². The van der Waals surface area contributed by atoms with Crippen molar-refractivity contribution in [1.82, 2.24) is 18.8 Å². The number of likely N-dealkylation sites (N-methyl/N-ethyl adjacent to an activating group) is 1. The summed E-state index contributed by atoms with van der Waals surface area (Å²) in [6.45, 7) is 5.60. The summed E-state index contributed by atoms with van der Waals surface area (Å²) in [6.07, 6.45) is 5.53. The molecule has 9 nitrogen and oxygen atoms in total. The lowest BCUT2D eigenvalue weighted by molar-refractivity contribution is -0.137. The summed E-state index contributed by atoms with van der Waals surface area (Å²) in [4.78, 5) is 19.0. The highest BCUT2D eigenvalue weighted by atomic mass is 32.2. The van der Waals surface area contributed by atoms with E-state index in [0.29, 0.717) is 30.0 Å². The third-order valence-corrected chi connectivity index (χ3v) is 9.13. The number of hydrogen-bond acceptors (Lipinski definition) is 6. The van der Waals surface area contributed by atoms with Gasteiger partial charge in [0.1, 0.15) is 12.4 Å². The van der Waals surface area contributed by atoms with Crippen LogP contribution in [0.4, 0.5) is 0 Å². The highest BCUT2D eigenvalue weighted by Gasteiger charge is 2.26. The molecule has 0 fully saturated rings. The smallest absolute Gasteiger partial charge is 0.248 e. The summed E-state index contributed by atoms with van der Waals surface area (Å²) >= 11 is 0. The van der Waals surface area contributed by atoms with Gasteiger partial charge in [0.25, 0.3) is 0 Å². The van der Waals surface area contributed by atoms with Crippen LogP contribution in [-0.2, 0) is 45.5 Å². The molecular weight excluding hydrogens is 504 g/mol. The summed E-state index contributed by atoms with van der Waals surface area (Å²) in [6, 6.07) is 11.7. The first-order valence-corrected chi connectivity index (χ1v) is 14.2. The standard InChI is InChI=1S/C28H36N4O5S/c1-21-16-26(36-4)17-22(2)28(21)38(34,35)30(3)14-15-37-20-27(33)31-12-13-32-24(9-10-25(32)19-31)8-7-23-6-5-11-29-18-23/h5-6,9-11,16-18H,7-8,12-15,19-20H2,1-4H3. The average Bonchev–Trinajstić information content (AvgIpc) is 3.31. The maximum atomic E-state index is 13.1. The molecular formula is C28H36N4O5S. The third kappa shape index (κ3) is 6.25. The van der Waals surface area contributed by atoms with E-state index in [1.807, 2.05) is 12.3 Å². The topological polar surface area (TPSA) is 94.0 Å². The van der Waals surface area contributed by atoms with Gasteiger partial charge in [-0.2, -0.15) is 4.31 Å². The van der Waals surface area contributed by atoms with Crippen molar-refractivity contribution in [3.63, 3.8) is 0 Å². The molecule has 1 amide bonds. The largest absolute Gasteiger partial charge is 0.497 e. The first kappa shape index (κ1) is 27.8. The highest BCUT2D eigenvalue weighted by Crippen LogP contribution is 2.27. The Kier molecular flexibility index (Phi) is 8.86. The predicted octanol–water partition coefficient (Wildman–Crippen LogP) is 2.97. The molecule has 0 saturated heterocycles. The molecule has 0 radical (unpaired) electrons. The Bertz CT molecular complexity index is 1350. The molecule has 0 spiro atoms. The van der Waals surface area contributed by atoms with Gasteiger partial charge in [0.05, 0.1) is 25.2 Å². The quantitative estimate of drug-likeness (QED) is 0.347. The molecule has 0 bridgehead atoms. The molecule has 3 aromatic rings. The second-order valence-electron chi connectivity index (χ2n) is 9.61. The maximum Gasteiger partial charge on any atom is 0.248 e. The fourth-order valence-corrected chi connectivity index (χ4v) is 6.44. The number of benzene rings is 1. The van der Waals surface area contributed by atoms with E-state index in [-0.39, 0.29) is 30.6 Å². The number of aromatic nitrogens is 2.